The van der Waals surface area contributed by atoms with Gasteiger partial charge in [-0.3, -0.25) is 0 Å². The van der Waals surface area contributed by atoms with Crippen LogP contribution in [0.2, 0.25) is 0 Å². The molecule has 0 bridgehead atoms. The summed E-state index contributed by atoms with van der Waals surface area (Å²) in [6.07, 6.45) is 3.41. The Morgan fingerprint density at radius 1 is 1.19 bits per heavy atom. The van der Waals surface area contributed by atoms with Crippen LogP contribution in [0.25, 0.3) is 0 Å². The molecule has 1 aliphatic carbocycles. The van der Waals surface area contributed by atoms with Crippen LogP contribution in [-0.2, 0) is 0 Å². The topological polar surface area (TPSA) is 46.2 Å². The van der Waals surface area contributed by atoms with Gasteiger partial charge in [0.25, 0.3) is 0 Å². The highest BCUT2D eigenvalue weighted by atomic mass is 32.2. The average molecular weight is 245 g/mol. The standard InChI is InChI=1S/C13H27NOS/c1-8(2)11-5-6-12(14)13(7-11)16-10(4)9(3)15/h8-13,15H,5-7,14H2,1-4H3. The minimum Gasteiger partial charge on any atom is -0.392 e. The van der Waals surface area contributed by atoms with E-state index < -0.39 is 0 Å². The molecule has 0 saturated heterocycles. The van der Waals surface area contributed by atoms with Crippen molar-refractivity contribution in [3.05, 3.63) is 0 Å². The van der Waals surface area contributed by atoms with Crippen molar-refractivity contribution in [3.63, 3.8) is 0 Å². The van der Waals surface area contributed by atoms with Gasteiger partial charge in [0.15, 0.2) is 0 Å². The summed E-state index contributed by atoms with van der Waals surface area (Å²) >= 11 is 1.88. The third-order valence-corrected chi connectivity index (χ3v) is 5.61. The molecule has 1 fully saturated rings. The van der Waals surface area contributed by atoms with Crippen molar-refractivity contribution >= 4 is 11.8 Å². The number of nitrogens with two attached hydrogens (primary N) is 1. The van der Waals surface area contributed by atoms with E-state index in [0.717, 1.165) is 18.3 Å². The zero-order valence-electron chi connectivity index (χ0n) is 11.0. The van der Waals surface area contributed by atoms with Gasteiger partial charge in [0, 0.05) is 16.5 Å². The quantitative estimate of drug-likeness (QED) is 0.800. The van der Waals surface area contributed by atoms with Gasteiger partial charge in [0.1, 0.15) is 0 Å². The summed E-state index contributed by atoms with van der Waals surface area (Å²) in [7, 11) is 0. The molecule has 5 unspecified atom stereocenters. The Morgan fingerprint density at radius 3 is 2.31 bits per heavy atom. The van der Waals surface area contributed by atoms with Crippen LogP contribution >= 0.6 is 11.8 Å². The molecule has 3 N–H and O–H groups in total. The molecule has 0 amide bonds. The molecule has 1 aliphatic rings. The maximum atomic E-state index is 9.55. The summed E-state index contributed by atoms with van der Waals surface area (Å²) in [6, 6.07) is 0.321. The van der Waals surface area contributed by atoms with Crippen molar-refractivity contribution < 1.29 is 5.11 Å². The monoisotopic (exact) mass is 245 g/mol. The lowest BCUT2D eigenvalue weighted by Crippen LogP contribution is -2.41. The zero-order chi connectivity index (χ0) is 12.3. The summed E-state index contributed by atoms with van der Waals surface area (Å²) in [5.74, 6) is 1.58. The second-order valence-corrected chi connectivity index (χ2v) is 7.22. The van der Waals surface area contributed by atoms with E-state index in [1.54, 1.807) is 0 Å². The van der Waals surface area contributed by atoms with Gasteiger partial charge in [-0.1, -0.05) is 20.8 Å². The van der Waals surface area contributed by atoms with E-state index >= 15 is 0 Å². The lowest BCUT2D eigenvalue weighted by atomic mass is 9.79. The number of aliphatic hydroxyl groups excluding tert-OH is 1. The molecule has 16 heavy (non-hydrogen) atoms. The van der Waals surface area contributed by atoms with E-state index in [9.17, 15) is 5.11 Å². The van der Waals surface area contributed by atoms with Crippen molar-refractivity contribution in [1.82, 2.24) is 0 Å². The lowest BCUT2D eigenvalue weighted by Gasteiger charge is -2.37. The van der Waals surface area contributed by atoms with Gasteiger partial charge < -0.3 is 10.8 Å². The van der Waals surface area contributed by atoms with E-state index in [1.165, 1.54) is 12.8 Å². The van der Waals surface area contributed by atoms with Crippen LogP contribution in [0.15, 0.2) is 0 Å². The van der Waals surface area contributed by atoms with Crippen molar-refractivity contribution in [2.45, 2.75) is 69.6 Å². The first-order chi connectivity index (χ1) is 7.41. The third kappa shape index (κ3) is 3.94. The molecule has 5 atom stereocenters. The molecule has 3 heteroatoms. The van der Waals surface area contributed by atoms with E-state index in [4.69, 9.17) is 5.73 Å². The van der Waals surface area contributed by atoms with Crippen LogP contribution in [0.4, 0.5) is 0 Å². The minimum absolute atomic E-state index is 0.239. The Bertz CT molecular complexity index is 206. The molecule has 0 aromatic heterocycles. The van der Waals surface area contributed by atoms with Crippen molar-refractivity contribution in [2.24, 2.45) is 17.6 Å². The van der Waals surface area contributed by atoms with Crippen LogP contribution in [0, 0.1) is 11.8 Å². The number of aliphatic hydroxyl groups is 1. The molecule has 0 aromatic carbocycles. The second-order valence-electron chi connectivity index (χ2n) is 5.60. The van der Waals surface area contributed by atoms with Crippen LogP contribution in [-0.4, -0.2) is 27.8 Å². The van der Waals surface area contributed by atoms with Crippen LogP contribution < -0.4 is 5.73 Å². The van der Waals surface area contributed by atoms with E-state index in [-0.39, 0.29) is 6.10 Å². The normalized spacial score (nSPS) is 35.1. The largest absolute Gasteiger partial charge is 0.392 e. The van der Waals surface area contributed by atoms with Gasteiger partial charge in [0.2, 0.25) is 0 Å². The molecule has 0 radical (unpaired) electrons. The van der Waals surface area contributed by atoms with Crippen LogP contribution in [0.1, 0.15) is 47.0 Å². The maximum Gasteiger partial charge on any atom is 0.0628 e. The number of thioether (sulfide) groups is 1. The maximum absolute atomic E-state index is 9.55. The summed E-state index contributed by atoms with van der Waals surface area (Å²) in [4.78, 5) is 0. The Morgan fingerprint density at radius 2 is 1.81 bits per heavy atom. The number of hydrogen-bond donors (Lipinski definition) is 2. The summed E-state index contributed by atoms with van der Waals surface area (Å²) in [5.41, 5.74) is 6.19. The fraction of sp³-hybridized carbons (Fsp3) is 1.00. The van der Waals surface area contributed by atoms with Crippen LogP contribution in [0.5, 0.6) is 0 Å². The fourth-order valence-electron chi connectivity index (χ4n) is 2.33. The predicted octanol–water partition coefficient (Wildman–Crippen LogP) is 2.64. The van der Waals surface area contributed by atoms with Gasteiger partial charge in [-0.05, 0) is 38.0 Å². The average Bonchev–Trinajstić information content (AvgIpc) is 2.20. The van der Waals surface area contributed by atoms with Gasteiger partial charge >= 0.3 is 0 Å². The summed E-state index contributed by atoms with van der Waals surface area (Å²) in [5, 5.41) is 10.4. The minimum atomic E-state index is -0.239. The Kier molecular flexibility index (Phi) is 5.62. The third-order valence-electron chi connectivity index (χ3n) is 3.89. The van der Waals surface area contributed by atoms with Crippen molar-refractivity contribution in [1.29, 1.82) is 0 Å². The van der Waals surface area contributed by atoms with Crippen molar-refractivity contribution in [3.8, 4) is 0 Å². The molecular formula is C13H27NOS. The smallest absolute Gasteiger partial charge is 0.0628 e. The molecule has 1 saturated carbocycles. The van der Waals surface area contributed by atoms with Gasteiger partial charge in [-0.15, -0.1) is 0 Å². The van der Waals surface area contributed by atoms with Gasteiger partial charge in [-0.25, -0.2) is 0 Å². The zero-order valence-corrected chi connectivity index (χ0v) is 11.8. The van der Waals surface area contributed by atoms with Crippen LogP contribution in [0.3, 0.4) is 0 Å². The Hall–Kier alpha value is 0.270. The highest BCUT2D eigenvalue weighted by Gasteiger charge is 2.31. The molecule has 0 spiro atoms. The molecular weight excluding hydrogens is 218 g/mol. The lowest BCUT2D eigenvalue weighted by molar-refractivity contribution is 0.195. The molecule has 1 rings (SSSR count). The van der Waals surface area contributed by atoms with E-state index in [1.807, 2.05) is 18.7 Å². The summed E-state index contributed by atoms with van der Waals surface area (Å²) in [6.45, 7) is 8.58. The second kappa shape index (κ2) is 6.27. The first-order valence-corrected chi connectivity index (χ1v) is 7.45. The van der Waals surface area contributed by atoms with Gasteiger partial charge in [-0.2, -0.15) is 11.8 Å². The molecule has 96 valence electrons. The SMILES string of the molecule is CC(C)C1CCC(N)C(SC(C)C(C)O)C1. The molecule has 0 aliphatic heterocycles. The number of hydrogen-bond acceptors (Lipinski definition) is 3. The highest BCUT2D eigenvalue weighted by molar-refractivity contribution is 8.00. The summed E-state index contributed by atoms with van der Waals surface area (Å²) < 4.78 is 0. The first-order valence-electron chi connectivity index (χ1n) is 6.51. The molecule has 0 aromatic rings. The first kappa shape index (κ1) is 14.3. The Labute approximate surface area is 104 Å². The molecule has 0 heterocycles. The Balaban J connectivity index is 2.49. The fourth-order valence-corrected chi connectivity index (χ4v) is 3.81. The number of rotatable bonds is 4. The van der Waals surface area contributed by atoms with E-state index in [0.29, 0.717) is 16.5 Å². The van der Waals surface area contributed by atoms with Crippen molar-refractivity contribution in [2.75, 3.05) is 0 Å². The van der Waals surface area contributed by atoms with Gasteiger partial charge in [0.05, 0.1) is 6.10 Å². The highest BCUT2D eigenvalue weighted by Crippen LogP contribution is 2.37. The van der Waals surface area contributed by atoms with E-state index in [2.05, 4.69) is 20.8 Å². The predicted molar refractivity (Wildman–Crippen MR) is 72.7 cm³/mol. The molecule has 2 nitrogen and oxygen atoms in total.